The molecule has 0 aromatic heterocycles. The zero-order chi connectivity index (χ0) is 14.5. The van der Waals surface area contributed by atoms with E-state index < -0.39 is 5.91 Å². The van der Waals surface area contributed by atoms with Crippen molar-refractivity contribution in [3.63, 3.8) is 0 Å². The highest BCUT2D eigenvalue weighted by atomic mass is 16.5. The minimum absolute atomic E-state index is 0.293. The molecule has 20 heavy (non-hydrogen) atoms. The lowest BCUT2D eigenvalue weighted by Gasteiger charge is -2.17. The van der Waals surface area contributed by atoms with Crippen LogP contribution < -0.4 is 15.0 Å². The highest BCUT2D eigenvalue weighted by Gasteiger charge is 2.18. The number of hydrogen-bond acceptors (Lipinski definition) is 2. The smallest absolute Gasteiger partial charge is 0.279 e. The minimum Gasteiger partial charge on any atom is -0.497 e. The molecule has 0 saturated heterocycles. The van der Waals surface area contributed by atoms with Crippen molar-refractivity contribution < 1.29 is 9.53 Å². The predicted molar refractivity (Wildman–Crippen MR) is 79.1 cm³/mol. The lowest BCUT2D eigenvalue weighted by atomic mass is 10.1. The third-order valence-electron chi connectivity index (χ3n) is 3.01. The average molecular weight is 267 g/mol. The van der Waals surface area contributed by atoms with E-state index in [1.807, 2.05) is 18.2 Å². The number of benzene rings is 2. The molecule has 4 nitrogen and oxygen atoms in total. The summed E-state index contributed by atoms with van der Waals surface area (Å²) in [4.78, 5) is 13.6. The number of carbonyl (C=O) groups excluding carboxylic acids is 1. The van der Waals surface area contributed by atoms with E-state index in [9.17, 15) is 10.2 Å². The van der Waals surface area contributed by atoms with E-state index >= 15 is 0 Å². The average Bonchev–Trinajstić information content (AvgIpc) is 2.53. The highest BCUT2D eigenvalue weighted by molar-refractivity contribution is 6.48. The SMILES string of the molecule is COc1ccc(C(=[N])C(=O)N(C)c2ccccc2)cc1. The van der Waals surface area contributed by atoms with Crippen LogP contribution in [0.15, 0.2) is 54.6 Å². The van der Waals surface area contributed by atoms with Gasteiger partial charge in [0.25, 0.3) is 5.91 Å². The summed E-state index contributed by atoms with van der Waals surface area (Å²) in [6.45, 7) is 0. The molecule has 0 aliphatic heterocycles. The van der Waals surface area contributed by atoms with Crippen LogP contribution in [-0.4, -0.2) is 25.8 Å². The van der Waals surface area contributed by atoms with Gasteiger partial charge in [-0.15, -0.1) is 5.41 Å². The Labute approximate surface area is 118 Å². The quantitative estimate of drug-likeness (QED) is 0.795. The second kappa shape index (κ2) is 6.02. The van der Waals surface area contributed by atoms with Gasteiger partial charge >= 0.3 is 0 Å². The van der Waals surface area contributed by atoms with Gasteiger partial charge in [-0.25, -0.2) is 0 Å². The van der Waals surface area contributed by atoms with E-state index in [1.165, 1.54) is 4.90 Å². The van der Waals surface area contributed by atoms with Crippen LogP contribution >= 0.6 is 0 Å². The second-order valence-electron chi connectivity index (χ2n) is 4.28. The summed E-state index contributed by atoms with van der Waals surface area (Å²) < 4.78 is 5.04. The Hall–Kier alpha value is -2.62. The van der Waals surface area contributed by atoms with Crippen molar-refractivity contribution in [2.24, 2.45) is 0 Å². The Morgan fingerprint density at radius 2 is 1.65 bits per heavy atom. The molecule has 0 unspecified atom stereocenters. The van der Waals surface area contributed by atoms with E-state index in [-0.39, 0.29) is 5.71 Å². The summed E-state index contributed by atoms with van der Waals surface area (Å²) >= 11 is 0. The Bertz CT molecular complexity index is 606. The van der Waals surface area contributed by atoms with Crippen molar-refractivity contribution in [1.82, 2.24) is 5.41 Å². The number of rotatable bonds is 4. The van der Waals surface area contributed by atoms with Gasteiger partial charge < -0.3 is 9.64 Å². The molecule has 0 saturated carbocycles. The zero-order valence-electron chi connectivity index (χ0n) is 11.4. The molecule has 0 bridgehead atoms. The maximum atomic E-state index is 12.2. The lowest BCUT2D eigenvalue weighted by molar-refractivity contribution is -0.112. The van der Waals surface area contributed by atoms with Crippen LogP contribution in [0.3, 0.4) is 0 Å². The number of carbonyl (C=O) groups is 1. The molecule has 0 aliphatic carbocycles. The molecule has 2 aromatic rings. The first-order chi connectivity index (χ1) is 9.63. The summed E-state index contributed by atoms with van der Waals surface area (Å²) in [6.07, 6.45) is 0. The van der Waals surface area contributed by atoms with Crippen LogP contribution in [0.2, 0.25) is 0 Å². The van der Waals surface area contributed by atoms with Gasteiger partial charge in [-0.1, -0.05) is 18.2 Å². The first-order valence-electron chi connectivity index (χ1n) is 6.17. The number of likely N-dealkylation sites (N-methyl/N-ethyl adjacent to an activating group) is 1. The standard InChI is InChI=1S/C16H15N2O2/c1-18(13-6-4-3-5-7-13)16(19)15(17)12-8-10-14(20-2)11-9-12/h3-11H,1-2H3. The first kappa shape index (κ1) is 13.8. The summed E-state index contributed by atoms with van der Waals surface area (Å²) in [5, 5.41) is 10.1. The molecule has 0 heterocycles. The summed E-state index contributed by atoms with van der Waals surface area (Å²) in [5.74, 6) is 0.215. The van der Waals surface area contributed by atoms with Gasteiger partial charge in [-0.3, -0.25) is 4.79 Å². The Balaban J connectivity index is 2.17. The largest absolute Gasteiger partial charge is 0.497 e. The van der Waals surface area contributed by atoms with Gasteiger partial charge in [0.15, 0.2) is 5.71 Å². The fraction of sp³-hybridized carbons (Fsp3) is 0.125. The number of amides is 1. The van der Waals surface area contributed by atoms with Gasteiger partial charge in [0, 0.05) is 18.3 Å². The van der Waals surface area contributed by atoms with E-state index in [1.54, 1.807) is 50.6 Å². The van der Waals surface area contributed by atoms with Gasteiger partial charge in [0.1, 0.15) is 5.75 Å². The topological polar surface area (TPSA) is 51.8 Å². The maximum absolute atomic E-state index is 12.2. The van der Waals surface area contributed by atoms with Crippen LogP contribution in [0.4, 0.5) is 5.69 Å². The van der Waals surface area contributed by atoms with Gasteiger partial charge in [-0.05, 0) is 36.4 Å². The van der Waals surface area contributed by atoms with E-state index in [0.29, 0.717) is 11.3 Å². The molecule has 4 heteroatoms. The van der Waals surface area contributed by atoms with Gasteiger partial charge in [0.2, 0.25) is 0 Å². The molecule has 2 aromatic carbocycles. The van der Waals surface area contributed by atoms with Gasteiger partial charge in [0.05, 0.1) is 7.11 Å². The molecule has 0 fully saturated rings. The van der Waals surface area contributed by atoms with E-state index in [0.717, 1.165) is 5.69 Å². The van der Waals surface area contributed by atoms with Gasteiger partial charge in [-0.2, -0.15) is 0 Å². The highest BCUT2D eigenvalue weighted by Crippen LogP contribution is 2.15. The Morgan fingerprint density at radius 1 is 1.05 bits per heavy atom. The molecule has 1 amide bonds. The number of ether oxygens (including phenoxy) is 1. The third kappa shape index (κ3) is 2.85. The summed E-state index contributed by atoms with van der Waals surface area (Å²) in [6, 6.07) is 15.8. The third-order valence-corrected chi connectivity index (χ3v) is 3.01. The number of anilines is 1. The number of methoxy groups -OCH3 is 1. The van der Waals surface area contributed by atoms with Crippen LogP contribution in [0.25, 0.3) is 0 Å². The number of hydrogen-bond donors (Lipinski definition) is 0. The summed E-state index contributed by atoms with van der Waals surface area (Å²) in [7, 11) is 3.18. The molecule has 0 spiro atoms. The summed E-state index contributed by atoms with van der Waals surface area (Å²) in [5.41, 5.74) is 0.884. The molecule has 2 rings (SSSR count). The van der Waals surface area contributed by atoms with Crippen molar-refractivity contribution >= 4 is 17.3 Å². The van der Waals surface area contributed by atoms with Crippen molar-refractivity contribution in [2.45, 2.75) is 0 Å². The molecular weight excluding hydrogens is 252 g/mol. The maximum Gasteiger partial charge on any atom is 0.279 e. The van der Waals surface area contributed by atoms with Crippen molar-refractivity contribution in [1.29, 1.82) is 0 Å². The Morgan fingerprint density at radius 3 is 2.20 bits per heavy atom. The zero-order valence-corrected chi connectivity index (χ0v) is 11.4. The number of nitrogens with zero attached hydrogens (tertiary/aromatic N) is 2. The predicted octanol–water partition coefficient (Wildman–Crippen LogP) is 1.95. The van der Waals surface area contributed by atoms with E-state index in [4.69, 9.17) is 4.74 Å². The first-order valence-corrected chi connectivity index (χ1v) is 6.17. The van der Waals surface area contributed by atoms with Crippen molar-refractivity contribution in [3.8, 4) is 5.75 Å². The van der Waals surface area contributed by atoms with Crippen LogP contribution in [0, 0.1) is 0 Å². The minimum atomic E-state index is -0.457. The molecule has 0 aliphatic rings. The van der Waals surface area contributed by atoms with Crippen LogP contribution in [0.5, 0.6) is 5.75 Å². The fourth-order valence-corrected chi connectivity index (χ4v) is 1.80. The Kier molecular flexibility index (Phi) is 4.15. The number of para-hydroxylation sites is 1. The van der Waals surface area contributed by atoms with Crippen LogP contribution in [0.1, 0.15) is 5.56 Å². The molecule has 101 valence electrons. The monoisotopic (exact) mass is 267 g/mol. The normalized spacial score (nSPS) is 9.90. The van der Waals surface area contributed by atoms with Crippen molar-refractivity contribution in [2.75, 3.05) is 19.1 Å². The van der Waals surface area contributed by atoms with E-state index in [2.05, 4.69) is 0 Å². The molecule has 0 atom stereocenters. The molecule has 1 radical (unpaired) electrons. The van der Waals surface area contributed by atoms with Crippen molar-refractivity contribution in [3.05, 3.63) is 60.2 Å². The fourth-order valence-electron chi connectivity index (χ4n) is 1.80. The molecular formula is C16H15N2O2. The molecule has 0 N–H and O–H groups in total. The second-order valence-corrected chi connectivity index (χ2v) is 4.28. The van der Waals surface area contributed by atoms with Crippen LogP contribution in [-0.2, 0) is 4.79 Å². The lowest BCUT2D eigenvalue weighted by Crippen LogP contribution is -2.34.